The number of nitrogens with one attached hydrogen (secondary N) is 1. The van der Waals surface area contributed by atoms with Crippen LogP contribution in [0.3, 0.4) is 0 Å². The number of carbonyl (C=O) groups is 2. The van der Waals surface area contributed by atoms with E-state index >= 15 is 0 Å². The Hall–Kier alpha value is -3.65. The number of amides is 2. The molecule has 2 amide bonds. The molecular formula is C27H29N3O4S. The molecule has 0 bridgehead atoms. The molecular weight excluding hydrogens is 462 g/mol. The van der Waals surface area contributed by atoms with Gasteiger partial charge in [0.1, 0.15) is 6.54 Å². The van der Waals surface area contributed by atoms with E-state index in [0.717, 1.165) is 33.1 Å². The van der Waals surface area contributed by atoms with Crippen molar-refractivity contribution in [1.29, 1.82) is 0 Å². The van der Waals surface area contributed by atoms with Gasteiger partial charge in [0.05, 0.1) is 10.6 Å². The van der Waals surface area contributed by atoms with Gasteiger partial charge in [-0.15, -0.1) is 0 Å². The zero-order valence-electron chi connectivity index (χ0n) is 20.1. The van der Waals surface area contributed by atoms with Crippen molar-refractivity contribution in [3.8, 4) is 0 Å². The van der Waals surface area contributed by atoms with Crippen molar-refractivity contribution in [3.63, 3.8) is 0 Å². The highest BCUT2D eigenvalue weighted by molar-refractivity contribution is 7.92. The summed E-state index contributed by atoms with van der Waals surface area (Å²) in [6.07, 6.45) is 1.31. The van der Waals surface area contributed by atoms with Crippen LogP contribution in [0.25, 0.3) is 0 Å². The Bertz CT molecular complexity index is 1370. The Morgan fingerprint density at radius 3 is 2.37 bits per heavy atom. The second kappa shape index (κ2) is 9.92. The zero-order chi connectivity index (χ0) is 25.2. The zero-order valence-corrected chi connectivity index (χ0v) is 20.9. The minimum Gasteiger partial charge on any atom is -0.324 e. The lowest BCUT2D eigenvalue weighted by Crippen LogP contribution is -2.38. The van der Waals surface area contributed by atoms with Gasteiger partial charge in [0, 0.05) is 24.3 Å². The molecule has 0 atom stereocenters. The fourth-order valence-electron chi connectivity index (χ4n) is 4.22. The van der Waals surface area contributed by atoms with Crippen LogP contribution in [0.2, 0.25) is 0 Å². The molecule has 0 radical (unpaired) electrons. The van der Waals surface area contributed by atoms with E-state index < -0.39 is 22.5 Å². The molecule has 0 aliphatic carbocycles. The lowest BCUT2D eigenvalue weighted by Gasteiger charge is -2.26. The quantitative estimate of drug-likeness (QED) is 0.524. The van der Waals surface area contributed by atoms with Gasteiger partial charge in [0.15, 0.2) is 0 Å². The van der Waals surface area contributed by atoms with Gasteiger partial charge < -0.3 is 10.2 Å². The lowest BCUT2D eigenvalue weighted by molar-refractivity contribution is -0.117. The summed E-state index contributed by atoms with van der Waals surface area (Å²) in [4.78, 5) is 27.2. The molecule has 1 N–H and O–H groups in total. The van der Waals surface area contributed by atoms with Gasteiger partial charge in [-0.2, -0.15) is 0 Å². The molecule has 1 saturated heterocycles. The number of aryl methyl sites for hydroxylation is 3. The molecule has 0 aromatic heterocycles. The predicted molar refractivity (Wildman–Crippen MR) is 138 cm³/mol. The summed E-state index contributed by atoms with van der Waals surface area (Å²) >= 11 is 0. The number of carbonyl (C=O) groups excluding carboxylic acids is 2. The number of benzene rings is 3. The average Bonchev–Trinajstić information content (AvgIpc) is 3.26. The van der Waals surface area contributed by atoms with Crippen LogP contribution in [0.1, 0.15) is 29.5 Å². The van der Waals surface area contributed by atoms with Crippen LogP contribution in [0.4, 0.5) is 17.1 Å². The van der Waals surface area contributed by atoms with Gasteiger partial charge >= 0.3 is 0 Å². The van der Waals surface area contributed by atoms with Crippen LogP contribution >= 0.6 is 0 Å². The third kappa shape index (κ3) is 5.22. The van der Waals surface area contributed by atoms with Gasteiger partial charge in [0.25, 0.3) is 10.0 Å². The Kier molecular flexibility index (Phi) is 6.93. The summed E-state index contributed by atoms with van der Waals surface area (Å²) in [5.74, 6) is -0.417. The molecule has 3 aromatic rings. The number of anilines is 3. The third-order valence-electron chi connectivity index (χ3n) is 6.11. The van der Waals surface area contributed by atoms with Crippen LogP contribution in [-0.2, 0) is 19.6 Å². The van der Waals surface area contributed by atoms with Crippen molar-refractivity contribution in [2.45, 2.75) is 38.5 Å². The van der Waals surface area contributed by atoms with Crippen LogP contribution < -0.4 is 14.5 Å². The topological polar surface area (TPSA) is 86.8 Å². The molecule has 0 unspecified atom stereocenters. The molecule has 4 rings (SSSR count). The average molecular weight is 492 g/mol. The Morgan fingerprint density at radius 2 is 1.69 bits per heavy atom. The van der Waals surface area contributed by atoms with Gasteiger partial charge in [-0.3, -0.25) is 13.9 Å². The molecule has 1 fully saturated rings. The summed E-state index contributed by atoms with van der Waals surface area (Å²) in [5.41, 5.74) is 4.28. The first-order valence-electron chi connectivity index (χ1n) is 11.5. The Balaban J connectivity index is 1.65. The molecule has 1 heterocycles. The first kappa shape index (κ1) is 24.5. The maximum Gasteiger partial charge on any atom is 0.264 e. The minimum absolute atomic E-state index is 0.0617. The molecule has 1 aliphatic rings. The number of hydrogen-bond acceptors (Lipinski definition) is 4. The van der Waals surface area contributed by atoms with Crippen molar-refractivity contribution in [3.05, 3.63) is 83.4 Å². The third-order valence-corrected chi connectivity index (χ3v) is 7.88. The predicted octanol–water partition coefficient (Wildman–Crippen LogP) is 4.57. The monoisotopic (exact) mass is 491 g/mol. The molecule has 3 aromatic carbocycles. The first-order valence-corrected chi connectivity index (χ1v) is 13.0. The molecule has 0 saturated carbocycles. The Labute approximate surface area is 206 Å². The number of sulfonamides is 1. The molecule has 0 spiro atoms. The SMILES string of the molecule is Cc1ccc(C)c(N(CC(=O)Nc2ccc(C)c(N3CCCC3=O)c2)S(=O)(=O)c2ccccc2)c1. The van der Waals surface area contributed by atoms with E-state index in [-0.39, 0.29) is 10.8 Å². The van der Waals surface area contributed by atoms with E-state index in [4.69, 9.17) is 0 Å². The second-order valence-corrected chi connectivity index (χ2v) is 10.7. The fourth-order valence-corrected chi connectivity index (χ4v) is 5.72. The van der Waals surface area contributed by atoms with Crippen molar-refractivity contribution < 1.29 is 18.0 Å². The van der Waals surface area contributed by atoms with Gasteiger partial charge in [-0.1, -0.05) is 36.4 Å². The van der Waals surface area contributed by atoms with E-state index in [1.54, 1.807) is 41.3 Å². The lowest BCUT2D eigenvalue weighted by atomic mass is 10.1. The molecule has 182 valence electrons. The van der Waals surface area contributed by atoms with E-state index in [0.29, 0.717) is 24.3 Å². The molecule has 35 heavy (non-hydrogen) atoms. The molecule has 1 aliphatic heterocycles. The van der Waals surface area contributed by atoms with Crippen LogP contribution in [0.15, 0.2) is 71.6 Å². The standard InChI is InChI=1S/C27H29N3O4S/c1-19-11-12-21(3)25(16-19)30(35(33,34)23-8-5-4-6-9-23)18-26(31)28-22-14-13-20(2)24(17-22)29-15-7-10-27(29)32/h4-6,8-9,11-14,16-17H,7,10,15,18H2,1-3H3,(H,28,31). The highest BCUT2D eigenvalue weighted by Gasteiger charge is 2.29. The summed E-state index contributed by atoms with van der Waals surface area (Å²) < 4.78 is 28.3. The largest absolute Gasteiger partial charge is 0.324 e. The van der Waals surface area contributed by atoms with Gasteiger partial charge in [-0.25, -0.2) is 8.42 Å². The van der Waals surface area contributed by atoms with Crippen molar-refractivity contribution in [2.75, 3.05) is 27.6 Å². The Morgan fingerprint density at radius 1 is 0.971 bits per heavy atom. The van der Waals surface area contributed by atoms with E-state index in [1.165, 1.54) is 12.1 Å². The van der Waals surface area contributed by atoms with E-state index in [1.807, 2.05) is 39.0 Å². The summed E-state index contributed by atoms with van der Waals surface area (Å²) in [6, 6.07) is 19.0. The highest BCUT2D eigenvalue weighted by Crippen LogP contribution is 2.30. The smallest absolute Gasteiger partial charge is 0.264 e. The van der Waals surface area contributed by atoms with Crippen LogP contribution in [-0.4, -0.2) is 33.3 Å². The molecule has 8 heteroatoms. The summed E-state index contributed by atoms with van der Waals surface area (Å²) in [7, 11) is -4.00. The minimum atomic E-state index is -4.00. The van der Waals surface area contributed by atoms with Crippen LogP contribution in [0, 0.1) is 20.8 Å². The van der Waals surface area contributed by atoms with E-state index in [2.05, 4.69) is 5.32 Å². The number of hydrogen-bond donors (Lipinski definition) is 1. The number of rotatable bonds is 7. The second-order valence-electron chi connectivity index (χ2n) is 8.81. The summed E-state index contributed by atoms with van der Waals surface area (Å²) in [5, 5.41) is 2.82. The van der Waals surface area contributed by atoms with Crippen molar-refractivity contribution in [2.24, 2.45) is 0 Å². The normalized spacial score (nSPS) is 13.7. The maximum atomic E-state index is 13.6. The highest BCUT2D eigenvalue weighted by atomic mass is 32.2. The van der Waals surface area contributed by atoms with E-state index in [9.17, 15) is 18.0 Å². The number of nitrogens with zero attached hydrogens (tertiary/aromatic N) is 2. The molecule has 7 nitrogen and oxygen atoms in total. The fraction of sp³-hybridized carbons (Fsp3) is 0.259. The van der Waals surface area contributed by atoms with Gasteiger partial charge in [-0.05, 0) is 74.2 Å². The summed E-state index contributed by atoms with van der Waals surface area (Å²) in [6.45, 7) is 5.87. The maximum absolute atomic E-state index is 13.6. The van der Waals surface area contributed by atoms with Crippen LogP contribution in [0.5, 0.6) is 0 Å². The van der Waals surface area contributed by atoms with Crippen molar-refractivity contribution in [1.82, 2.24) is 0 Å². The van der Waals surface area contributed by atoms with Crippen molar-refractivity contribution >= 4 is 38.9 Å². The first-order chi connectivity index (χ1) is 16.7. The van der Waals surface area contributed by atoms with Gasteiger partial charge in [0.2, 0.25) is 11.8 Å².